The SMILES string of the molecule is CCc1ccc(-c2nc3cc(NC(=O)c4cc(C(=O)NC)ccc4Cl)ccc3o2)cc1. The summed E-state index contributed by atoms with van der Waals surface area (Å²) >= 11 is 6.17. The highest BCUT2D eigenvalue weighted by atomic mass is 35.5. The van der Waals surface area contributed by atoms with Gasteiger partial charge in [-0.05, 0) is 60.5 Å². The summed E-state index contributed by atoms with van der Waals surface area (Å²) in [6.45, 7) is 2.10. The smallest absolute Gasteiger partial charge is 0.257 e. The first-order chi connectivity index (χ1) is 15.0. The zero-order valence-corrected chi connectivity index (χ0v) is 17.8. The summed E-state index contributed by atoms with van der Waals surface area (Å²) in [5, 5.41) is 5.58. The van der Waals surface area contributed by atoms with Gasteiger partial charge in [0.25, 0.3) is 11.8 Å². The van der Waals surface area contributed by atoms with Gasteiger partial charge in [0.05, 0.1) is 10.6 Å². The summed E-state index contributed by atoms with van der Waals surface area (Å²) < 4.78 is 5.86. The fraction of sp³-hybridized carbons (Fsp3) is 0.125. The van der Waals surface area contributed by atoms with Gasteiger partial charge in [-0.25, -0.2) is 4.98 Å². The van der Waals surface area contributed by atoms with Crippen molar-refractivity contribution >= 4 is 40.2 Å². The lowest BCUT2D eigenvalue weighted by molar-refractivity contribution is 0.0963. The normalized spacial score (nSPS) is 10.8. The summed E-state index contributed by atoms with van der Waals surface area (Å²) in [6.07, 6.45) is 0.965. The Hall–Kier alpha value is -3.64. The second kappa shape index (κ2) is 8.62. The highest BCUT2D eigenvalue weighted by Crippen LogP contribution is 2.27. The molecule has 0 aliphatic heterocycles. The van der Waals surface area contributed by atoms with Gasteiger partial charge in [0, 0.05) is 23.9 Å². The molecule has 0 atom stereocenters. The lowest BCUT2D eigenvalue weighted by atomic mass is 10.1. The summed E-state index contributed by atoms with van der Waals surface area (Å²) in [6, 6.07) is 17.8. The first-order valence-corrected chi connectivity index (χ1v) is 10.2. The molecular weight excluding hydrogens is 414 g/mol. The molecule has 2 amide bonds. The molecule has 7 heteroatoms. The van der Waals surface area contributed by atoms with Gasteiger partial charge >= 0.3 is 0 Å². The lowest BCUT2D eigenvalue weighted by Crippen LogP contribution is -2.19. The first kappa shape index (κ1) is 20.6. The zero-order chi connectivity index (χ0) is 22.0. The van der Waals surface area contributed by atoms with Crippen LogP contribution in [0.25, 0.3) is 22.6 Å². The van der Waals surface area contributed by atoms with Crippen molar-refractivity contribution in [2.75, 3.05) is 12.4 Å². The number of benzene rings is 3. The quantitative estimate of drug-likeness (QED) is 0.446. The van der Waals surface area contributed by atoms with Gasteiger partial charge in [0.15, 0.2) is 5.58 Å². The van der Waals surface area contributed by atoms with Crippen molar-refractivity contribution in [1.29, 1.82) is 0 Å². The molecule has 4 rings (SSSR count). The number of amides is 2. The van der Waals surface area contributed by atoms with E-state index >= 15 is 0 Å². The molecule has 3 aromatic carbocycles. The average molecular weight is 434 g/mol. The van der Waals surface area contributed by atoms with Crippen molar-refractivity contribution < 1.29 is 14.0 Å². The van der Waals surface area contributed by atoms with Crippen LogP contribution in [0.3, 0.4) is 0 Å². The van der Waals surface area contributed by atoms with Crippen molar-refractivity contribution in [3.05, 3.63) is 82.4 Å². The van der Waals surface area contributed by atoms with Crippen LogP contribution in [-0.2, 0) is 6.42 Å². The second-order valence-corrected chi connectivity index (χ2v) is 7.39. The Kier molecular flexibility index (Phi) is 5.73. The number of rotatable bonds is 5. The number of fused-ring (bicyclic) bond motifs is 1. The van der Waals surface area contributed by atoms with Crippen LogP contribution in [0.4, 0.5) is 5.69 Å². The van der Waals surface area contributed by atoms with Crippen LogP contribution in [0.1, 0.15) is 33.2 Å². The highest BCUT2D eigenvalue weighted by molar-refractivity contribution is 6.34. The van der Waals surface area contributed by atoms with Crippen molar-refractivity contribution in [3.8, 4) is 11.5 Å². The van der Waals surface area contributed by atoms with Crippen LogP contribution in [-0.4, -0.2) is 23.8 Å². The number of halogens is 1. The molecule has 0 bridgehead atoms. The topological polar surface area (TPSA) is 84.2 Å². The summed E-state index contributed by atoms with van der Waals surface area (Å²) in [4.78, 5) is 29.2. The van der Waals surface area contributed by atoms with E-state index < -0.39 is 5.91 Å². The Morgan fingerprint density at radius 3 is 2.48 bits per heavy atom. The third-order valence-electron chi connectivity index (χ3n) is 4.95. The Morgan fingerprint density at radius 2 is 1.77 bits per heavy atom. The van der Waals surface area contributed by atoms with Gasteiger partial charge in [-0.15, -0.1) is 0 Å². The fourth-order valence-electron chi connectivity index (χ4n) is 3.19. The maximum absolute atomic E-state index is 12.8. The van der Waals surface area contributed by atoms with Crippen LogP contribution in [0, 0.1) is 0 Å². The van der Waals surface area contributed by atoms with Crippen molar-refractivity contribution in [3.63, 3.8) is 0 Å². The van der Waals surface area contributed by atoms with Crippen LogP contribution in [0.15, 0.2) is 65.1 Å². The van der Waals surface area contributed by atoms with Gasteiger partial charge < -0.3 is 15.1 Å². The molecule has 0 saturated carbocycles. The summed E-state index contributed by atoms with van der Waals surface area (Å²) in [7, 11) is 1.52. The molecule has 0 radical (unpaired) electrons. The van der Waals surface area contributed by atoms with Gasteiger partial charge in [0.1, 0.15) is 5.52 Å². The third-order valence-corrected chi connectivity index (χ3v) is 5.28. The number of nitrogens with one attached hydrogen (secondary N) is 2. The van der Waals surface area contributed by atoms with Gasteiger partial charge in [-0.3, -0.25) is 9.59 Å². The summed E-state index contributed by atoms with van der Waals surface area (Å²) in [5.41, 5.74) is 4.47. The van der Waals surface area contributed by atoms with Crippen molar-refractivity contribution in [1.82, 2.24) is 10.3 Å². The molecule has 6 nitrogen and oxygen atoms in total. The van der Waals surface area contributed by atoms with E-state index in [9.17, 15) is 9.59 Å². The van der Waals surface area contributed by atoms with Gasteiger partial charge in [0.2, 0.25) is 5.89 Å². The number of hydrogen-bond donors (Lipinski definition) is 2. The minimum absolute atomic E-state index is 0.208. The minimum Gasteiger partial charge on any atom is -0.436 e. The Bertz CT molecular complexity index is 1280. The van der Waals surface area contributed by atoms with Crippen LogP contribution in [0.2, 0.25) is 5.02 Å². The predicted octanol–water partition coefficient (Wildman–Crippen LogP) is 5.32. The van der Waals surface area contributed by atoms with Crippen molar-refractivity contribution in [2.24, 2.45) is 0 Å². The van der Waals surface area contributed by atoms with Crippen molar-refractivity contribution in [2.45, 2.75) is 13.3 Å². The third kappa shape index (κ3) is 4.29. The van der Waals surface area contributed by atoms with E-state index in [0.29, 0.717) is 28.2 Å². The fourth-order valence-corrected chi connectivity index (χ4v) is 3.40. The number of carbonyl (C=O) groups excluding carboxylic acids is 2. The molecule has 2 N–H and O–H groups in total. The van der Waals surface area contributed by atoms with E-state index in [4.69, 9.17) is 16.0 Å². The number of nitrogens with zero attached hydrogens (tertiary/aromatic N) is 1. The molecular formula is C24H20ClN3O3. The van der Waals surface area contributed by atoms with E-state index in [1.165, 1.54) is 24.7 Å². The van der Waals surface area contributed by atoms with Crippen LogP contribution in [0.5, 0.6) is 0 Å². The first-order valence-electron chi connectivity index (χ1n) is 9.81. The average Bonchev–Trinajstić information content (AvgIpc) is 3.22. The maximum atomic E-state index is 12.8. The van der Waals surface area contributed by atoms with E-state index in [-0.39, 0.29) is 16.5 Å². The molecule has 0 unspecified atom stereocenters. The number of aryl methyl sites for hydroxylation is 1. The zero-order valence-electron chi connectivity index (χ0n) is 17.0. The monoisotopic (exact) mass is 433 g/mol. The number of aromatic nitrogens is 1. The highest BCUT2D eigenvalue weighted by Gasteiger charge is 2.15. The molecule has 0 aliphatic carbocycles. The lowest BCUT2D eigenvalue weighted by Gasteiger charge is -2.08. The molecule has 31 heavy (non-hydrogen) atoms. The van der Waals surface area contributed by atoms with E-state index in [1.807, 2.05) is 24.3 Å². The molecule has 0 aliphatic rings. The number of anilines is 1. The Balaban J connectivity index is 1.59. The number of hydrogen-bond acceptors (Lipinski definition) is 4. The van der Waals surface area contributed by atoms with E-state index in [0.717, 1.165) is 12.0 Å². The Morgan fingerprint density at radius 1 is 1.00 bits per heavy atom. The largest absolute Gasteiger partial charge is 0.436 e. The molecule has 0 spiro atoms. The molecule has 1 aromatic heterocycles. The van der Waals surface area contributed by atoms with E-state index in [2.05, 4.69) is 22.5 Å². The Labute approximate surface area is 184 Å². The van der Waals surface area contributed by atoms with Crippen LogP contribution < -0.4 is 10.6 Å². The molecule has 4 aromatic rings. The maximum Gasteiger partial charge on any atom is 0.257 e. The standard InChI is InChI=1S/C24H20ClN3O3/c1-3-14-4-6-15(7-5-14)24-28-20-13-17(9-11-21(20)31-24)27-23(30)18-12-16(22(29)26-2)8-10-19(18)25/h4-13H,3H2,1-2H3,(H,26,29)(H,27,30). The van der Waals surface area contributed by atoms with E-state index in [1.54, 1.807) is 24.3 Å². The number of carbonyl (C=O) groups is 2. The van der Waals surface area contributed by atoms with Gasteiger partial charge in [-0.1, -0.05) is 30.7 Å². The molecule has 1 heterocycles. The number of oxazole rings is 1. The minimum atomic E-state index is -0.422. The summed E-state index contributed by atoms with van der Waals surface area (Å²) in [5.74, 6) is -0.203. The van der Waals surface area contributed by atoms with Gasteiger partial charge in [-0.2, -0.15) is 0 Å². The second-order valence-electron chi connectivity index (χ2n) is 6.98. The predicted molar refractivity (Wildman–Crippen MR) is 122 cm³/mol. The molecule has 0 saturated heterocycles. The van der Waals surface area contributed by atoms with Crippen LogP contribution >= 0.6 is 11.6 Å². The molecule has 156 valence electrons. The molecule has 0 fully saturated rings.